The summed E-state index contributed by atoms with van der Waals surface area (Å²) in [4.78, 5) is 0. The van der Waals surface area contributed by atoms with E-state index in [1.165, 1.54) is 11.1 Å². The second kappa shape index (κ2) is 7.10. The highest BCUT2D eigenvalue weighted by Gasteiger charge is 2.00. The van der Waals surface area contributed by atoms with Gasteiger partial charge in [0.1, 0.15) is 0 Å². The van der Waals surface area contributed by atoms with Crippen LogP contribution in [0.4, 0.5) is 0 Å². The van der Waals surface area contributed by atoms with Crippen LogP contribution in [0.3, 0.4) is 0 Å². The van der Waals surface area contributed by atoms with Crippen LogP contribution < -0.4 is 5.32 Å². The minimum absolute atomic E-state index is 0.638. The van der Waals surface area contributed by atoms with Crippen molar-refractivity contribution in [3.63, 3.8) is 0 Å². The number of hydrogen-bond acceptors (Lipinski definition) is 2. The Bertz CT molecular complexity index is 474. The Balaban J connectivity index is 1.69. The third kappa shape index (κ3) is 4.87. The molecule has 0 atom stereocenters. The van der Waals surface area contributed by atoms with E-state index in [1.807, 2.05) is 10.9 Å². The first kappa shape index (κ1) is 13.8. The molecule has 0 bridgehead atoms. The molecule has 0 saturated carbocycles. The second-order valence-electron chi connectivity index (χ2n) is 5.38. The van der Waals surface area contributed by atoms with Gasteiger partial charge in [-0.15, -0.1) is 0 Å². The van der Waals surface area contributed by atoms with E-state index < -0.39 is 0 Å². The lowest BCUT2D eigenvalue weighted by Gasteiger charge is -2.04. The van der Waals surface area contributed by atoms with E-state index in [0.717, 1.165) is 26.1 Å². The molecule has 0 aliphatic rings. The predicted molar refractivity (Wildman–Crippen MR) is 78.9 cm³/mol. The number of hydrogen-bond donors (Lipinski definition) is 1. The van der Waals surface area contributed by atoms with Crippen LogP contribution in [0.2, 0.25) is 0 Å². The van der Waals surface area contributed by atoms with Crippen molar-refractivity contribution in [2.45, 2.75) is 33.4 Å². The van der Waals surface area contributed by atoms with Gasteiger partial charge < -0.3 is 5.32 Å². The first-order valence-electron chi connectivity index (χ1n) is 7.00. The summed E-state index contributed by atoms with van der Waals surface area (Å²) in [5.74, 6) is 0.638. The summed E-state index contributed by atoms with van der Waals surface area (Å²) in [6.07, 6.45) is 5.16. The molecule has 1 aromatic heterocycles. The molecule has 1 N–H and O–H groups in total. The molecule has 2 aromatic rings. The Morgan fingerprint density at radius 2 is 1.95 bits per heavy atom. The maximum absolute atomic E-state index is 4.37. The van der Waals surface area contributed by atoms with Gasteiger partial charge in [0.2, 0.25) is 0 Å². The van der Waals surface area contributed by atoms with Crippen LogP contribution in [0.5, 0.6) is 0 Å². The highest BCUT2D eigenvalue weighted by molar-refractivity contribution is 5.14. The van der Waals surface area contributed by atoms with E-state index in [2.05, 4.69) is 60.8 Å². The summed E-state index contributed by atoms with van der Waals surface area (Å²) in [5, 5.41) is 7.83. The molecule has 0 saturated heterocycles. The first-order valence-corrected chi connectivity index (χ1v) is 7.00. The highest BCUT2D eigenvalue weighted by atomic mass is 15.3. The summed E-state index contributed by atoms with van der Waals surface area (Å²) >= 11 is 0. The van der Waals surface area contributed by atoms with Crippen LogP contribution in [-0.2, 0) is 19.5 Å². The monoisotopic (exact) mass is 257 g/mol. The predicted octanol–water partition coefficient (Wildman–Crippen LogP) is 2.87. The molecule has 0 radical (unpaired) electrons. The molecule has 0 spiro atoms. The van der Waals surface area contributed by atoms with Gasteiger partial charge in [-0.3, -0.25) is 4.68 Å². The van der Waals surface area contributed by atoms with Crippen LogP contribution in [0, 0.1) is 5.92 Å². The van der Waals surface area contributed by atoms with Crippen LogP contribution in [-0.4, -0.2) is 16.3 Å². The molecule has 0 aliphatic heterocycles. The van der Waals surface area contributed by atoms with Crippen LogP contribution in [0.1, 0.15) is 25.0 Å². The molecule has 3 nitrogen and oxygen atoms in total. The lowest BCUT2D eigenvalue weighted by molar-refractivity contribution is 0.482. The van der Waals surface area contributed by atoms with E-state index in [1.54, 1.807) is 0 Å². The van der Waals surface area contributed by atoms with Gasteiger partial charge in [0.25, 0.3) is 0 Å². The molecule has 102 valence electrons. The Morgan fingerprint density at radius 1 is 1.16 bits per heavy atom. The molecule has 0 amide bonds. The fourth-order valence-electron chi connectivity index (χ4n) is 2.08. The average Bonchev–Trinajstić information content (AvgIpc) is 2.83. The van der Waals surface area contributed by atoms with Crippen molar-refractivity contribution in [1.82, 2.24) is 15.1 Å². The summed E-state index contributed by atoms with van der Waals surface area (Å²) < 4.78 is 2.03. The topological polar surface area (TPSA) is 29.9 Å². The third-order valence-corrected chi connectivity index (χ3v) is 3.00. The van der Waals surface area contributed by atoms with Crippen molar-refractivity contribution in [3.8, 4) is 0 Å². The fraction of sp³-hybridized carbons (Fsp3) is 0.438. The lowest BCUT2D eigenvalue weighted by atomic mass is 10.1. The van der Waals surface area contributed by atoms with Crippen molar-refractivity contribution < 1.29 is 0 Å². The van der Waals surface area contributed by atoms with E-state index in [0.29, 0.717) is 5.92 Å². The van der Waals surface area contributed by atoms with Crippen LogP contribution in [0.15, 0.2) is 42.7 Å². The smallest absolute Gasteiger partial charge is 0.0534 e. The van der Waals surface area contributed by atoms with E-state index in [4.69, 9.17) is 0 Å². The maximum Gasteiger partial charge on any atom is 0.0534 e. The van der Waals surface area contributed by atoms with Gasteiger partial charge in [0.05, 0.1) is 6.20 Å². The summed E-state index contributed by atoms with van der Waals surface area (Å²) in [5.41, 5.74) is 2.64. The standard InChI is InChI=1S/C16H23N3/c1-14(2)12-19-13-16(11-18-19)10-17-9-8-15-6-4-3-5-7-15/h3-7,11,13-14,17H,8-10,12H2,1-2H3. The third-order valence-electron chi connectivity index (χ3n) is 3.00. The maximum atomic E-state index is 4.37. The number of nitrogens with zero attached hydrogens (tertiary/aromatic N) is 2. The van der Waals surface area contributed by atoms with Crippen molar-refractivity contribution in [3.05, 3.63) is 53.9 Å². The summed E-state index contributed by atoms with van der Waals surface area (Å²) in [6.45, 7) is 7.30. The van der Waals surface area contributed by atoms with Gasteiger partial charge in [-0.2, -0.15) is 5.10 Å². The van der Waals surface area contributed by atoms with E-state index >= 15 is 0 Å². The van der Waals surface area contributed by atoms with Crippen molar-refractivity contribution in [1.29, 1.82) is 0 Å². The minimum Gasteiger partial charge on any atom is -0.312 e. The molecule has 19 heavy (non-hydrogen) atoms. The zero-order chi connectivity index (χ0) is 13.5. The van der Waals surface area contributed by atoms with Crippen molar-refractivity contribution in [2.24, 2.45) is 5.92 Å². The Kier molecular flexibility index (Phi) is 5.16. The number of aromatic nitrogens is 2. The van der Waals surface area contributed by atoms with Gasteiger partial charge in [-0.05, 0) is 24.4 Å². The van der Waals surface area contributed by atoms with Gasteiger partial charge in [-0.1, -0.05) is 44.2 Å². The number of rotatable bonds is 7. The SMILES string of the molecule is CC(C)Cn1cc(CNCCc2ccccc2)cn1. The van der Waals surface area contributed by atoms with Crippen molar-refractivity contribution >= 4 is 0 Å². The highest BCUT2D eigenvalue weighted by Crippen LogP contribution is 2.02. The second-order valence-corrected chi connectivity index (χ2v) is 5.38. The molecular formula is C16H23N3. The Morgan fingerprint density at radius 3 is 2.68 bits per heavy atom. The molecule has 2 rings (SSSR count). The molecular weight excluding hydrogens is 234 g/mol. The zero-order valence-corrected chi connectivity index (χ0v) is 11.8. The van der Waals surface area contributed by atoms with Gasteiger partial charge >= 0.3 is 0 Å². The fourth-order valence-corrected chi connectivity index (χ4v) is 2.08. The Hall–Kier alpha value is -1.61. The Labute approximate surface area is 115 Å². The van der Waals surface area contributed by atoms with E-state index in [9.17, 15) is 0 Å². The molecule has 0 unspecified atom stereocenters. The largest absolute Gasteiger partial charge is 0.312 e. The van der Waals surface area contributed by atoms with Crippen molar-refractivity contribution in [2.75, 3.05) is 6.54 Å². The number of benzene rings is 1. The molecule has 3 heteroatoms. The zero-order valence-electron chi connectivity index (χ0n) is 11.8. The molecule has 0 fully saturated rings. The molecule has 0 aliphatic carbocycles. The quantitative estimate of drug-likeness (QED) is 0.773. The van der Waals surface area contributed by atoms with E-state index in [-0.39, 0.29) is 0 Å². The van der Waals surface area contributed by atoms with Gasteiger partial charge in [0.15, 0.2) is 0 Å². The number of nitrogens with one attached hydrogen (secondary N) is 1. The normalized spacial score (nSPS) is 11.1. The lowest BCUT2D eigenvalue weighted by Crippen LogP contribution is -2.16. The molecule has 1 aromatic carbocycles. The van der Waals surface area contributed by atoms with Gasteiger partial charge in [0, 0.05) is 24.8 Å². The molecule has 1 heterocycles. The summed E-state index contributed by atoms with van der Waals surface area (Å²) in [6, 6.07) is 10.6. The first-order chi connectivity index (χ1) is 9.24. The van der Waals surface area contributed by atoms with Gasteiger partial charge in [-0.25, -0.2) is 0 Å². The van der Waals surface area contributed by atoms with Crippen LogP contribution >= 0.6 is 0 Å². The minimum atomic E-state index is 0.638. The van der Waals surface area contributed by atoms with Crippen LogP contribution in [0.25, 0.3) is 0 Å². The average molecular weight is 257 g/mol. The summed E-state index contributed by atoms with van der Waals surface area (Å²) in [7, 11) is 0.